The summed E-state index contributed by atoms with van der Waals surface area (Å²) in [5, 5.41) is 10.6. The van der Waals surface area contributed by atoms with Crippen molar-refractivity contribution in [3.05, 3.63) is 48.5 Å². The molecule has 1 amide bonds. The second kappa shape index (κ2) is 7.09. The molecule has 0 aromatic carbocycles. The van der Waals surface area contributed by atoms with Gasteiger partial charge in [0.1, 0.15) is 11.4 Å². The van der Waals surface area contributed by atoms with Gasteiger partial charge < -0.3 is 15.5 Å². The zero-order valence-electron chi connectivity index (χ0n) is 14.6. The summed E-state index contributed by atoms with van der Waals surface area (Å²) in [6, 6.07) is 5.84. The number of nitrogens with zero attached hydrogens (tertiary/aromatic N) is 5. The molecule has 3 aromatic heterocycles. The number of piperidine rings is 1. The number of carbonyl (C=O) groups excluding carboxylic acids is 1. The fourth-order valence-electron chi connectivity index (χ4n) is 3.13. The van der Waals surface area contributed by atoms with Crippen LogP contribution in [0.2, 0.25) is 0 Å². The van der Waals surface area contributed by atoms with Crippen LogP contribution in [-0.2, 0) is 0 Å². The van der Waals surface area contributed by atoms with E-state index in [-0.39, 0.29) is 11.9 Å². The predicted octanol–water partition coefficient (Wildman–Crippen LogP) is 1.37. The lowest BCUT2D eigenvalue weighted by atomic mass is 10.1. The van der Waals surface area contributed by atoms with E-state index >= 15 is 0 Å². The maximum atomic E-state index is 12.7. The highest BCUT2D eigenvalue weighted by molar-refractivity contribution is 6.00. The zero-order chi connectivity index (χ0) is 17.9. The van der Waals surface area contributed by atoms with Crippen LogP contribution >= 0.6 is 0 Å². The normalized spacial score (nSPS) is 17.2. The first-order chi connectivity index (χ1) is 12.7. The topological polar surface area (TPSA) is 87.5 Å². The molecule has 0 spiro atoms. The Morgan fingerprint density at radius 1 is 1.38 bits per heavy atom. The van der Waals surface area contributed by atoms with Gasteiger partial charge in [0, 0.05) is 32.0 Å². The van der Waals surface area contributed by atoms with Crippen molar-refractivity contribution in [2.75, 3.05) is 25.0 Å². The Kier molecular flexibility index (Phi) is 4.49. The van der Waals surface area contributed by atoms with E-state index in [9.17, 15) is 4.79 Å². The summed E-state index contributed by atoms with van der Waals surface area (Å²) in [4.78, 5) is 23.4. The molecule has 26 heavy (non-hydrogen) atoms. The number of nitrogens with one attached hydrogen (secondary N) is 2. The van der Waals surface area contributed by atoms with Crippen molar-refractivity contribution in [3.8, 4) is 0 Å². The molecule has 1 aliphatic heterocycles. The van der Waals surface area contributed by atoms with E-state index in [4.69, 9.17) is 0 Å². The lowest BCUT2D eigenvalue weighted by Crippen LogP contribution is -2.45. The molecule has 3 aromatic rings. The van der Waals surface area contributed by atoms with Crippen molar-refractivity contribution < 1.29 is 4.79 Å². The minimum absolute atomic E-state index is 0.137. The molecule has 0 radical (unpaired) electrons. The standard InChI is InChI=1S/C18H21N7O/c1-24(14-5-3-8-20-11-14)16-6-9-25-17(23-16)15(12-21-25)18(26)22-13-4-2-7-19-10-13/h3,5-6,8-9,11-13,19H,2,4,7,10H2,1H3,(H,22,26)/t13-/m1/s1. The van der Waals surface area contributed by atoms with Crippen LogP contribution in [0.1, 0.15) is 23.2 Å². The molecule has 0 bridgehead atoms. The molecule has 1 fully saturated rings. The molecule has 4 heterocycles. The average molecular weight is 351 g/mol. The molecule has 0 unspecified atom stereocenters. The van der Waals surface area contributed by atoms with E-state index in [1.54, 1.807) is 23.1 Å². The summed E-state index contributed by atoms with van der Waals surface area (Å²) < 4.78 is 1.62. The lowest BCUT2D eigenvalue weighted by molar-refractivity contribution is 0.0932. The van der Waals surface area contributed by atoms with Crippen LogP contribution in [0.15, 0.2) is 43.0 Å². The summed E-state index contributed by atoms with van der Waals surface area (Å²) in [5.74, 6) is 0.585. The van der Waals surface area contributed by atoms with Crippen LogP contribution in [0.5, 0.6) is 0 Å². The highest BCUT2D eigenvalue weighted by atomic mass is 16.1. The van der Waals surface area contributed by atoms with E-state index in [2.05, 4.69) is 25.7 Å². The van der Waals surface area contributed by atoms with Crippen molar-refractivity contribution in [1.82, 2.24) is 30.2 Å². The molecule has 8 nitrogen and oxygen atoms in total. The zero-order valence-corrected chi connectivity index (χ0v) is 14.6. The van der Waals surface area contributed by atoms with Gasteiger partial charge in [0.2, 0.25) is 0 Å². The van der Waals surface area contributed by atoms with Gasteiger partial charge in [-0.1, -0.05) is 0 Å². The highest BCUT2D eigenvalue weighted by Gasteiger charge is 2.20. The monoisotopic (exact) mass is 351 g/mol. The Morgan fingerprint density at radius 2 is 2.31 bits per heavy atom. The first-order valence-corrected chi connectivity index (χ1v) is 8.72. The van der Waals surface area contributed by atoms with Gasteiger partial charge in [-0.15, -0.1) is 0 Å². The third kappa shape index (κ3) is 3.23. The van der Waals surface area contributed by atoms with Crippen molar-refractivity contribution in [2.24, 2.45) is 0 Å². The number of aromatic nitrogens is 4. The van der Waals surface area contributed by atoms with Gasteiger partial charge in [0.15, 0.2) is 5.65 Å². The van der Waals surface area contributed by atoms with Crippen molar-refractivity contribution in [3.63, 3.8) is 0 Å². The van der Waals surface area contributed by atoms with Gasteiger partial charge in [0.25, 0.3) is 5.91 Å². The molecule has 1 atom stereocenters. The first kappa shape index (κ1) is 16.5. The number of hydrogen-bond donors (Lipinski definition) is 2. The number of rotatable bonds is 4. The van der Waals surface area contributed by atoms with Crippen molar-refractivity contribution in [2.45, 2.75) is 18.9 Å². The molecule has 0 saturated carbocycles. The summed E-state index contributed by atoms with van der Waals surface area (Å²) in [7, 11) is 1.92. The van der Waals surface area contributed by atoms with Gasteiger partial charge in [-0.3, -0.25) is 9.78 Å². The van der Waals surface area contributed by atoms with Crippen molar-refractivity contribution in [1.29, 1.82) is 0 Å². The molecule has 2 N–H and O–H groups in total. The number of hydrogen-bond acceptors (Lipinski definition) is 6. The number of pyridine rings is 1. The summed E-state index contributed by atoms with van der Waals surface area (Å²) >= 11 is 0. The van der Waals surface area contributed by atoms with Crippen LogP contribution in [0.3, 0.4) is 0 Å². The Morgan fingerprint density at radius 3 is 3.08 bits per heavy atom. The van der Waals surface area contributed by atoms with E-state index in [0.29, 0.717) is 11.2 Å². The van der Waals surface area contributed by atoms with Gasteiger partial charge in [-0.05, 0) is 37.6 Å². The predicted molar refractivity (Wildman–Crippen MR) is 98.6 cm³/mol. The van der Waals surface area contributed by atoms with Gasteiger partial charge in [0.05, 0.1) is 18.1 Å². The molecule has 1 aliphatic rings. The number of fused-ring (bicyclic) bond motifs is 1. The summed E-state index contributed by atoms with van der Waals surface area (Å²) in [6.07, 6.45) is 8.93. The fourth-order valence-corrected chi connectivity index (χ4v) is 3.13. The molecule has 134 valence electrons. The minimum atomic E-state index is -0.137. The van der Waals surface area contributed by atoms with Gasteiger partial charge in [-0.25, -0.2) is 9.50 Å². The van der Waals surface area contributed by atoms with E-state index in [0.717, 1.165) is 37.4 Å². The van der Waals surface area contributed by atoms with E-state index < -0.39 is 0 Å². The molecule has 8 heteroatoms. The second-order valence-corrected chi connectivity index (χ2v) is 6.40. The van der Waals surface area contributed by atoms with Gasteiger partial charge in [-0.2, -0.15) is 5.10 Å². The smallest absolute Gasteiger partial charge is 0.257 e. The van der Waals surface area contributed by atoms with Crippen LogP contribution in [0, 0.1) is 0 Å². The maximum absolute atomic E-state index is 12.7. The highest BCUT2D eigenvalue weighted by Crippen LogP contribution is 2.21. The first-order valence-electron chi connectivity index (χ1n) is 8.72. The Bertz CT molecular complexity index is 902. The third-order valence-electron chi connectivity index (χ3n) is 4.61. The quantitative estimate of drug-likeness (QED) is 0.738. The van der Waals surface area contributed by atoms with Crippen LogP contribution in [0.25, 0.3) is 5.65 Å². The maximum Gasteiger partial charge on any atom is 0.257 e. The average Bonchev–Trinajstić information content (AvgIpc) is 3.12. The number of carbonyl (C=O) groups is 1. The van der Waals surface area contributed by atoms with Crippen LogP contribution in [0.4, 0.5) is 11.5 Å². The Labute approximate surface area is 151 Å². The van der Waals surface area contributed by atoms with Crippen LogP contribution < -0.4 is 15.5 Å². The Hall–Kier alpha value is -3.00. The molecule has 4 rings (SSSR count). The summed E-state index contributed by atoms with van der Waals surface area (Å²) in [5.41, 5.74) is 1.94. The van der Waals surface area contributed by atoms with Crippen molar-refractivity contribution >= 4 is 23.1 Å². The third-order valence-corrected chi connectivity index (χ3v) is 4.61. The van der Waals surface area contributed by atoms with Gasteiger partial charge >= 0.3 is 0 Å². The molecule has 1 saturated heterocycles. The SMILES string of the molecule is CN(c1cccnc1)c1ccn2ncc(C(=O)N[C@@H]3CCCNC3)c2n1. The van der Waals surface area contributed by atoms with E-state index in [1.165, 1.54) is 0 Å². The lowest BCUT2D eigenvalue weighted by Gasteiger charge is -2.23. The Balaban J connectivity index is 1.61. The summed E-state index contributed by atoms with van der Waals surface area (Å²) in [6.45, 7) is 1.81. The van der Waals surface area contributed by atoms with Crippen LogP contribution in [-0.4, -0.2) is 51.7 Å². The largest absolute Gasteiger partial charge is 0.348 e. The molecular weight excluding hydrogens is 330 g/mol. The molecule has 0 aliphatic carbocycles. The minimum Gasteiger partial charge on any atom is -0.348 e. The molecular formula is C18H21N7O. The fraction of sp³-hybridized carbons (Fsp3) is 0.333. The number of amides is 1. The second-order valence-electron chi connectivity index (χ2n) is 6.40. The van der Waals surface area contributed by atoms with E-state index in [1.807, 2.05) is 36.3 Å². The number of anilines is 2.